The van der Waals surface area contributed by atoms with Gasteiger partial charge in [-0.05, 0) is 42.3 Å². The second-order valence-corrected chi connectivity index (χ2v) is 5.39. The lowest BCUT2D eigenvalue weighted by molar-refractivity contribution is 0.127. The molecular formula is C17H26N2O. The molecule has 3 heteroatoms. The van der Waals surface area contributed by atoms with Crippen LogP contribution in [-0.4, -0.2) is 23.8 Å². The van der Waals surface area contributed by atoms with Gasteiger partial charge in [0.2, 0.25) is 0 Å². The highest BCUT2D eigenvalue weighted by atomic mass is 16.5. The van der Waals surface area contributed by atoms with Gasteiger partial charge in [0.1, 0.15) is 0 Å². The summed E-state index contributed by atoms with van der Waals surface area (Å²) in [6.45, 7) is 6.80. The van der Waals surface area contributed by atoms with Gasteiger partial charge in [0, 0.05) is 30.9 Å². The fourth-order valence-corrected chi connectivity index (χ4v) is 2.41. The topological polar surface area (TPSA) is 40.2 Å². The zero-order chi connectivity index (χ0) is 14.4. The van der Waals surface area contributed by atoms with Crippen molar-refractivity contribution in [1.82, 2.24) is 4.57 Å². The Bertz CT molecular complexity index is 533. The number of benzene rings is 1. The molecule has 0 aliphatic rings. The lowest BCUT2D eigenvalue weighted by Crippen LogP contribution is -2.21. The molecule has 1 aromatic carbocycles. The summed E-state index contributed by atoms with van der Waals surface area (Å²) in [4.78, 5) is 0. The van der Waals surface area contributed by atoms with Gasteiger partial charge in [-0.1, -0.05) is 26.0 Å². The molecule has 0 aliphatic heterocycles. The fourth-order valence-electron chi connectivity index (χ4n) is 2.41. The van der Waals surface area contributed by atoms with Gasteiger partial charge in [0.05, 0.1) is 6.61 Å². The van der Waals surface area contributed by atoms with Crippen molar-refractivity contribution in [2.75, 3.05) is 13.2 Å². The van der Waals surface area contributed by atoms with E-state index in [1.54, 1.807) is 0 Å². The van der Waals surface area contributed by atoms with Crippen LogP contribution in [0.3, 0.4) is 0 Å². The number of hydrogen-bond acceptors (Lipinski definition) is 2. The van der Waals surface area contributed by atoms with Gasteiger partial charge in [-0.15, -0.1) is 0 Å². The van der Waals surface area contributed by atoms with E-state index in [2.05, 4.69) is 48.9 Å². The molecule has 0 radical (unpaired) electrons. The van der Waals surface area contributed by atoms with E-state index in [1.807, 2.05) is 0 Å². The molecule has 1 heterocycles. The molecule has 0 saturated carbocycles. The van der Waals surface area contributed by atoms with Gasteiger partial charge in [-0.3, -0.25) is 0 Å². The van der Waals surface area contributed by atoms with Crippen LogP contribution in [0.5, 0.6) is 0 Å². The number of ether oxygens (including phenoxy) is 1. The van der Waals surface area contributed by atoms with E-state index in [4.69, 9.17) is 10.5 Å². The normalized spacial score (nSPS) is 12.9. The third-order valence-corrected chi connectivity index (χ3v) is 3.69. The summed E-state index contributed by atoms with van der Waals surface area (Å²) in [6.07, 6.45) is 5.18. The third-order valence-electron chi connectivity index (χ3n) is 3.69. The van der Waals surface area contributed by atoms with E-state index in [-0.39, 0.29) is 6.04 Å². The van der Waals surface area contributed by atoms with Crippen LogP contribution in [0, 0.1) is 0 Å². The minimum Gasteiger partial charge on any atom is -0.380 e. The van der Waals surface area contributed by atoms with Crippen LogP contribution >= 0.6 is 0 Å². The summed E-state index contributed by atoms with van der Waals surface area (Å²) < 4.78 is 7.85. The largest absolute Gasteiger partial charge is 0.380 e. The molecule has 2 rings (SSSR count). The van der Waals surface area contributed by atoms with Crippen molar-refractivity contribution in [2.24, 2.45) is 5.73 Å². The average molecular weight is 274 g/mol. The van der Waals surface area contributed by atoms with Crippen molar-refractivity contribution < 1.29 is 4.74 Å². The molecule has 1 unspecified atom stereocenters. The number of hydrogen-bond donors (Lipinski definition) is 1. The fraction of sp³-hybridized carbons (Fsp3) is 0.529. The first-order chi connectivity index (χ1) is 9.74. The van der Waals surface area contributed by atoms with Crippen molar-refractivity contribution in [3.63, 3.8) is 0 Å². The Morgan fingerprint density at radius 1 is 1.20 bits per heavy atom. The molecule has 110 valence electrons. The molecular weight excluding hydrogens is 248 g/mol. The van der Waals surface area contributed by atoms with Crippen molar-refractivity contribution in [3.8, 4) is 0 Å². The first-order valence-corrected chi connectivity index (χ1v) is 7.65. The van der Waals surface area contributed by atoms with E-state index in [1.165, 1.54) is 16.5 Å². The molecule has 1 atom stereocenters. The summed E-state index contributed by atoms with van der Waals surface area (Å²) in [5.41, 5.74) is 8.65. The maximum absolute atomic E-state index is 6.05. The van der Waals surface area contributed by atoms with Gasteiger partial charge in [0.15, 0.2) is 0 Å². The molecule has 1 aromatic heterocycles. The lowest BCUT2D eigenvalue weighted by Gasteiger charge is -2.10. The van der Waals surface area contributed by atoms with Crippen LogP contribution < -0.4 is 5.73 Å². The standard InChI is InChI=1S/C17H26N2O/c1-3-10-20-11-9-19-8-7-15-6-5-14(13-17(15)19)12-16(18)4-2/h5-8,13,16H,3-4,9-12,18H2,1-2H3. The van der Waals surface area contributed by atoms with Crippen LogP contribution in [0.1, 0.15) is 32.3 Å². The highest BCUT2D eigenvalue weighted by molar-refractivity contribution is 5.80. The third kappa shape index (κ3) is 3.84. The molecule has 0 amide bonds. The molecule has 0 bridgehead atoms. The van der Waals surface area contributed by atoms with Crippen LogP contribution in [0.15, 0.2) is 30.5 Å². The monoisotopic (exact) mass is 274 g/mol. The number of fused-ring (bicyclic) bond motifs is 1. The predicted octanol–water partition coefficient (Wildman–Crippen LogP) is 3.35. The van der Waals surface area contributed by atoms with E-state index in [9.17, 15) is 0 Å². The van der Waals surface area contributed by atoms with Crippen LogP contribution in [0.4, 0.5) is 0 Å². The number of nitrogens with two attached hydrogens (primary N) is 1. The van der Waals surface area contributed by atoms with Gasteiger partial charge in [0.25, 0.3) is 0 Å². The molecule has 20 heavy (non-hydrogen) atoms. The average Bonchev–Trinajstić information content (AvgIpc) is 2.86. The summed E-state index contributed by atoms with van der Waals surface area (Å²) in [5, 5.41) is 1.29. The zero-order valence-corrected chi connectivity index (χ0v) is 12.6. The van der Waals surface area contributed by atoms with Crippen molar-refractivity contribution >= 4 is 10.9 Å². The molecule has 2 N–H and O–H groups in total. The van der Waals surface area contributed by atoms with E-state index in [0.717, 1.165) is 39.0 Å². The van der Waals surface area contributed by atoms with Gasteiger partial charge < -0.3 is 15.0 Å². The summed E-state index contributed by atoms with van der Waals surface area (Å²) in [7, 11) is 0. The molecule has 0 fully saturated rings. The van der Waals surface area contributed by atoms with Crippen LogP contribution in [-0.2, 0) is 17.7 Å². The van der Waals surface area contributed by atoms with E-state index in [0.29, 0.717) is 0 Å². The first-order valence-electron chi connectivity index (χ1n) is 7.65. The summed E-state index contributed by atoms with van der Waals surface area (Å²) in [6, 6.07) is 9.07. The molecule has 0 spiro atoms. The van der Waals surface area contributed by atoms with E-state index >= 15 is 0 Å². The second kappa shape index (κ2) is 7.46. The first kappa shape index (κ1) is 15.1. The minimum atomic E-state index is 0.253. The lowest BCUT2D eigenvalue weighted by atomic mass is 10.0. The Balaban J connectivity index is 2.09. The Labute approximate surface area is 121 Å². The molecule has 0 saturated heterocycles. The van der Waals surface area contributed by atoms with Crippen LogP contribution in [0.25, 0.3) is 10.9 Å². The van der Waals surface area contributed by atoms with E-state index < -0.39 is 0 Å². The van der Waals surface area contributed by atoms with Gasteiger partial charge in [-0.25, -0.2) is 0 Å². The van der Waals surface area contributed by atoms with Crippen LogP contribution in [0.2, 0.25) is 0 Å². The predicted molar refractivity (Wildman–Crippen MR) is 85.0 cm³/mol. The summed E-state index contributed by atoms with van der Waals surface area (Å²) in [5.74, 6) is 0. The number of rotatable bonds is 8. The maximum Gasteiger partial charge on any atom is 0.0645 e. The van der Waals surface area contributed by atoms with Crippen molar-refractivity contribution in [1.29, 1.82) is 0 Å². The van der Waals surface area contributed by atoms with Gasteiger partial charge in [-0.2, -0.15) is 0 Å². The Morgan fingerprint density at radius 2 is 2.05 bits per heavy atom. The Morgan fingerprint density at radius 3 is 2.80 bits per heavy atom. The van der Waals surface area contributed by atoms with Crippen molar-refractivity contribution in [3.05, 3.63) is 36.0 Å². The Kier molecular flexibility index (Phi) is 5.62. The number of aromatic nitrogens is 1. The SMILES string of the molecule is CCCOCCn1ccc2ccc(CC(N)CC)cc21. The quantitative estimate of drug-likeness (QED) is 0.750. The highest BCUT2D eigenvalue weighted by Crippen LogP contribution is 2.19. The molecule has 0 aliphatic carbocycles. The van der Waals surface area contributed by atoms with Gasteiger partial charge >= 0.3 is 0 Å². The summed E-state index contributed by atoms with van der Waals surface area (Å²) >= 11 is 0. The number of nitrogens with zero attached hydrogens (tertiary/aromatic N) is 1. The maximum atomic E-state index is 6.05. The highest BCUT2D eigenvalue weighted by Gasteiger charge is 2.05. The molecule has 2 aromatic rings. The minimum absolute atomic E-state index is 0.253. The second-order valence-electron chi connectivity index (χ2n) is 5.39. The molecule has 3 nitrogen and oxygen atoms in total. The van der Waals surface area contributed by atoms with Crippen molar-refractivity contribution in [2.45, 2.75) is 45.7 Å². The smallest absolute Gasteiger partial charge is 0.0645 e. The zero-order valence-electron chi connectivity index (χ0n) is 12.6. The Hall–Kier alpha value is -1.32.